The van der Waals surface area contributed by atoms with Gasteiger partial charge in [0.15, 0.2) is 6.19 Å². The van der Waals surface area contributed by atoms with Crippen LogP contribution in [0.1, 0.15) is 5.56 Å². The van der Waals surface area contributed by atoms with Gasteiger partial charge in [0, 0.05) is 18.0 Å². The maximum Gasteiger partial charge on any atom is 0.428 e. The minimum absolute atomic E-state index is 0.0488. The van der Waals surface area contributed by atoms with Crippen LogP contribution in [0.25, 0.3) is 0 Å². The van der Waals surface area contributed by atoms with Crippen molar-refractivity contribution in [2.24, 2.45) is 0 Å². The monoisotopic (exact) mass is 299 g/mol. The molecule has 0 aliphatic heterocycles. The lowest BCUT2D eigenvalue weighted by Crippen LogP contribution is -2.29. The molecule has 0 aromatic heterocycles. The molecule has 0 radical (unpaired) electrons. The molecule has 0 fully saturated rings. The van der Waals surface area contributed by atoms with Crippen molar-refractivity contribution in [3.63, 3.8) is 0 Å². The number of hydrogen-bond acceptors (Lipinski definition) is 4. The molecule has 0 unspecified atom stereocenters. The van der Waals surface area contributed by atoms with Gasteiger partial charge in [0.1, 0.15) is 0 Å². The van der Waals surface area contributed by atoms with Gasteiger partial charge in [0.05, 0.1) is 5.56 Å². The van der Waals surface area contributed by atoms with E-state index >= 15 is 0 Å². The molecule has 2 N–H and O–H groups in total. The van der Waals surface area contributed by atoms with E-state index in [2.05, 4.69) is 5.32 Å². The summed E-state index contributed by atoms with van der Waals surface area (Å²) in [5.41, 5.74) is -0.830. The molecule has 0 saturated heterocycles. The van der Waals surface area contributed by atoms with E-state index in [-0.39, 0.29) is 10.6 Å². The molecular weight excluding hydrogens is 291 g/mol. The maximum atomic E-state index is 12.5. The number of halogens is 3. The zero-order valence-corrected chi connectivity index (χ0v) is 10.3. The van der Waals surface area contributed by atoms with Crippen LogP contribution in [-0.4, -0.2) is 22.0 Å². The zero-order valence-electron chi connectivity index (χ0n) is 10.3. The van der Waals surface area contributed by atoms with Crippen molar-refractivity contribution in [2.45, 2.75) is 6.18 Å². The lowest BCUT2D eigenvalue weighted by molar-refractivity contribution is -0.137. The Kier molecular flexibility index (Phi) is 4.91. The van der Waals surface area contributed by atoms with Crippen LogP contribution in [0.15, 0.2) is 36.5 Å². The number of nitriles is 1. The van der Waals surface area contributed by atoms with E-state index in [4.69, 9.17) is 10.4 Å². The third kappa shape index (κ3) is 4.54. The maximum absolute atomic E-state index is 12.5. The molecule has 0 aliphatic rings. The molecule has 1 rings (SSSR count). The van der Waals surface area contributed by atoms with E-state index in [0.29, 0.717) is 6.08 Å². The number of imide groups is 1. The minimum Gasteiger partial charge on any atom is -0.464 e. The highest BCUT2D eigenvalue weighted by Gasteiger charge is 2.30. The summed E-state index contributed by atoms with van der Waals surface area (Å²) in [6, 6.07) is 4.18. The first-order valence-corrected chi connectivity index (χ1v) is 5.33. The van der Waals surface area contributed by atoms with Crippen molar-refractivity contribution in [1.82, 2.24) is 4.90 Å². The molecular formula is C12H8F3N3O3. The summed E-state index contributed by atoms with van der Waals surface area (Å²) in [6.07, 6.45) is -3.48. The summed E-state index contributed by atoms with van der Waals surface area (Å²) in [6.45, 7) is 0. The topological polar surface area (TPSA) is 93.4 Å². The van der Waals surface area contributed by atoms with Crippen LogP contribution in [0, 0.1) is 11.5 Å². The van der Waals surface area contributed by atoms with Gasteiger partial charge >= 0.3 is 12.3 Å². The van der Waals surface area contributed by atoms with E-state index in [1.54, 1.807) is 0 Å². The summed E-state index contributed by atoms with van der Waals surface area (Å²) in [5, 5.41) is 19.3. The Morgan fingerprint density at radius 2 is 2.05 bits per heavy atom. The quantitative estimate of drug-likeness (QED) is 0.508. The Hall–Kier alpha value is -3.02. The van der Waals surface area contributed by atoms with Crippen LogP contribution in [0.4, 0.5) is 23.7 Å². The lowest BCUT2D eigenvalue weighted by Gasteiger charge is -2.08. The molecule has 2 amide bonds. The average Bonchev–Trinajstić information content (AvgIpc) is 2.38. The van der Waals surface area contributed by atoms with Crippen LogP contribution in [-0.2, 0) is 11.0 Å². The van der Waals surface area contributed by atoms with Crippen molar-refractivity contribution in [1.29, 1.82) is 5.26 Å². The molecule has 21 heavy (non-hydrogen) atoms. The van der Waals surface area contributed by atoms with Crippen molar-refractivity contribution in [3.8, 4) is 6.19 Å². The highest BCUT2D eigenvalue weighted by Crippen LogP contribution is 2.30. The lowest BCUT2D eigenvalue weighted by atomic mass is 10.2. The normalized spacial score (nSPS) is 11.0. The van der Waals surface area contributed by atoms with Crippen LogP contribution in [0.2, 0.25) is 0 Å². The molecule has 0 heterocycles. The molecule has 0 aliphatic carbocycles. The predicted octanol–water partition coefficient (Wildman–Crippen LogP) is 2.62. The van der Waals surface area contributed by atoms with Gasteiger partial charge < -0.3 is 10.4 Å². The molecule has 1 aromatic rings. The van der Waals surface area contributed by atoms with Gasteiger partial charge in [0.25, 0.3) is 5.91 Å². The number of alkyl halides is 3. The summed E-state index contributed by atoms with van der Waals surface area (Å²) < 4.78 is 37.4. The first kappa shape index (κ1) is 16.0. The molecule has 110 valence electrons. The summed E-state index contributed by atoms with van der Waals surface area (Å²) in [4.78, 5) is 21.6. The highest BCUT2D eigenvalue weighted by atomic mass is 19.4. The fraction of sp³-hybridized carbons (Fsp3) is 0.0833. The van der Waals surface area contributed by atoms with Gasteiger partial charge in [-0.15, -0.1) is 4.90 Å². The predicted molar refractivity (Wildman–Crippen MR) is 64.7 cm³/mol. The van der Waals surface area contributed by atoms with Crippen LogP contribution >= 0.6 is 0 Å². The number of carbonyl (C=O) groups excluding carboxylic acids is 1. The largest absolute Gasteiger partial charge is 0.464 e. The Labute approximate surface area is 116 Å². The Morgan fingerprint density at radius 3 is 2.57 bits per heavy atom. The van der Waals surface area contributed by atoms with Crippen LogP contribution < -0.4 is 5.32 Å². The second kappa shape index (κ2) is 6.42. The molecule has 6 nitrogen and oxygen atoms in total. The summed E-state index contributed by atoms with van der Waals surface area (Å²) >= 11 is 0. The SMILES string of the molecule is N#CN(C(=O)O)C(=O)C=CNc1cccc(C(F)(F)F)c1. The third-order valence-electron chi connectivity index (χ3n) is 2.18. The Bertz CT molecular complexity index is 620. The fourth-order valence-electron chi connectivity index (χ4n) is 1.26. The molecule has 0 spiro atoms. The van der Waals surface area contributed by atoms with Gasteiger partial charge in [0.2, 0.25) is 0 Å². The van der Waals surface area contributed by atoms with E-state index in [1.165, 1.54) is 12.1 Å². The molecule has 1 aromatic carbocycles. The number of rotatable bonds is 3. The van der Waals surface area contributed by atoms with Gasteiger partial charge in [-0.1, -0.05) is 6.07 Å². The number of carboxylic acid groups (broad SMARTS) is 1. The van der Waals surface area contributed by atoms with Gasteiger partial charge in [-0.05, 0) is 18.2 Å². The third-order valence-corrected chi connectivity index (χ3v) is 2.18. The van der Waals surface area contributed by atoms with Crippen LogP contribution in [0.3, 0.4) is 0 Å². The minimum atomic E-state index is -4.50. The molecule has 0 bridgehead atoms. The molecule has 9 heteroatoms. The zero-order chi connectivity index (χ0) is 16.0. The fourth-order valence-corrected chi connectivity index (χ4v) is 1.26. The molecule has 0 atom stereocenters. The first-order chi connectivity index (χ1) is 9.75. The second-order valence-electron chi connectivity index (χ2n) is 3.61. The number of anilines is 1. The van der Waals surface area contributed by atoms with Crippen molar-refractivity contribution in [3.05, 3.63) is 42.1 Å². The van der Waals surface area contributed by atoms with E-state index in [9.17, 15) is 22.8 Å². The number of carbonyl (C=O) groups is 2. The van der Waals surface area contributed by atoms with E-state index < -0.39 is 23.7 Å². The average molecular weight is 299 g/mol. The number of hydrogen-bond donors (Lipinski definition) is 2. The van der Waals surface area contributed by atoms with Crippen LogP contribution in [0.5, 0.6) is 0 Å². The second-order valence-corrected chi connectivity index (χ2v) is 3.61. The summed E-state index contributed by atoms with van der Waals surface area (Å²) in [7, 11) is 0. The molecule has 0 saturated carbocycles. The van der Waals surface area contributed by atoms with Gasteiger partial charge in [-0.25, -0.2) is 4.79 Å². The van der Waals surface area contributed by atoms with E-state index in [0.717, 1.165) is 24.5 Å². The van der Waals surface area contributed by atoms with Gasteiger partial charge in [-0.2, -0.15) is 18.4 Å². The number of benzene rings is 1. The number of amides is 2. The number of nitrogens with zero attached hydrogens (tertiary/aromatic N) is 2. The Balaban J connectivity index is 2.76. The van der Waals surface area contributed by atoms with Gasteiger partial charge in [-0.3, -0.25) is 4.79 Å². The summed E-state index contributed by atoms with van der Waals surface area (Å²) in [5.74, 6) is -1.15. The van der Waals surface area contributed by atoms with Crippen molar-refractivity contribution >= 4 is 17.7 Å². The smallest absolute Gasteiger partial charge is 0.428 e. The van der Waals surface area contributed by atoms with Crippen molar-refractivity contribution in [2.75, 3.05) is 5.32 Å². The standard InChI is InChI=1S/C12H8F3N3O3/c13-12(14,15)8-2-1-3-9(6-8)17-5-4-10(19)18(7-16)11(20)21/h1-6,17H,(H,20,21). The Morgan fingerprint density at radius 1 is 1.38 bits per heavy atom. The first-order valence-electron chi connectivity index (χ1n) is 5.33. The van der Waals surface area contributed by atoms with E-state index in [1.807, 2.05) is 0 Å². The number of nitrogens with one attached hydrogen (secondary N) is 1. The highest BCUT2D eigenvalue weighted by molar-refractivity contribution is 5.99. The van der Waals surface area contributed by atoms with Crippen molar-refractivity contribution < 1.29 is 27.9 Å².